The first-order valence-corrected chi connectivity index (χ1v) is 9.29. The van der Waals surface area contributed by atoms with E-state index in [9.17, 15) is 14.7 Å². The van der Waals surface area contributed by atoms with Gasteiger partial charge in [0, 0.05) is 0 Å². The van der Waals surface area contributed by atoms with E-state index >= 15 is 0 Å². The van der Waals surface area contributed by atoms with Gasteiger partial charge >= 0.3 is 11.9 Å². The van der Waals surface area contributed by atoms with Crippen molar-refractivity contribution in [3.8, 4) is 5.75 Å². The van der Waals surface area contributed by atoms with Crippen molar-refractivity contribution >= 4 is 29.8 Å². The van der Waals surface area contributed by atoms with Gasteiger partial charge in [-0.05, 0) is 60.2 Å². The Balaban J connectivity index is 1.64. The minimum atomic E-state index is -1.07. The molecule has 0 aliphatic rings. The van der Waals surface area contributed by atoms with Gasteiger partial charge in [0.15, 0.2) is 0 Å². The number of rotatable bonds is 8. The molecule has 3 aromatic rings. The zero-order valence-corrected chi connectivity index (χ0v) is 16.1. The Bertz CT molecular complexity index is 1040. The summed E-state index contributed by atoms with van der Waals surface area (Å²) in [5, 5.41) is 25.3. The van der Waals surface area contributed by atoms with Gasteiger partial charge in [-0.2, -0.15) is 0 Å². The molecule has 0 atom stereocenters. The highest BCUT2D eigenvalue weighted by molar-refractivity contribution is 8.04. The standard InChI is InChI=1S/C20H17N3O5S/c1-12-21-20(23-22-12)29-17(19(26)27)10-13-4-8-16(9-5-13)28-11-14-2-6-15(7-3-14)18(24)25/h2-10H,11H2,1H3,(H,24,25)(H,26,27)(H,21,22,23). The van der Waals surface area contributed by atoms with Crippen molar-refractivity contribution in [1.82, 2.24) is 15.2 Å². The number of benzene rings is 2. The second-order valence-electron chi connectivity index (χ2n) is 5.98. The average Bonchev–Trinajstić information content (AvgIpc) is 3.12. The van der Waals surface area contributed by atoms with Crippen LogP contribution in [0.25, 0.3) is 6.08 Å². The van der Waals surface area contributed by atoms with Gasteiger partial charge in [-0.1, -0.05) is 24.3 Å². The van der Waals surface area contributed by atoms with Crippen LogP contribution in [0.2, 0.25) is 0 Å². The molecular weight excluding hydrogens is 394 g/mol. The number of thioether (sulfide) groups is 1. The van der Waals surface area contributed by atoms with Crippen LogP contribution in [0.15, 0.2) is 58.6 Å². The molecule has 0 amide bonds. The molecule has 0 aliphatic heterocycles. The van der Waals surface area contributed by atoms with Crippen molar-refractivity contribution < 1.29 is 24.5 Å². The molecule has 1 heterocycles. The number of aromatic nitrogens is 3. The van der Waals surface area contributed by atoms with Crippen LogP contribution in [0.1, 0.15) is 27.3 Å². The van der Waals surface area contributed by atoms with E-state index in [1.807, 2.05) is 0 Å². The first-order valence-electron chi connectivity index (χ1n) is 8.47. The van der Waals surface area contributed by atoms with E-state index in [0.29, 0.717) is 22.3 Å². The normalized spacial score (nSPS) is 11.3. The second-order valence-corrected chi connectivity index (χ2v) is 6.99. The van der Waals surface area contributed by atoms with E-state index < -0.39 is 11.9 Å². The van der Waals surface area contributed by atoms with Crippen LogP contribution in [0.4, 0.5) is 0 Å². The number of aromatic amines is 1. The van der Waals surface area contributed by atoms with E-state index in [-0.39, 0.29) is 17.1 Å². The van der Waals surface area contributed by atoms with Crippen LogP contribution in [-0.2, 0) is 11.4 Å². The van der Waals surface area contributed by atoms with Crippen LogP contribution in [0.5, 0.6) is 5.75 Å². The minimum absolute atomic E-state index is 0.0937. The number of carbonyl (C=O) groups is 2. The molecule has 3 N–H and O–H groups in total. The van der Waals surface area contributed by atoms with E-state index in [2.05, 4.69) is 15.2 Å². The fourth-order valence-electron chi connectivity index (χ4n) is 2.32. The number of aromatic carboxylic acids is 1. The van der Waals surface area contributed by atoms with Crippen LogP contribution in [0, 0.1) is 6.92 Å². The van der Waals surface area contributed by atoms with Gasteiger partial charge < -0.3 is 14.9 Å². The molecule has 0 unspecified atom stereocenters. The predicted molar refractivity (Wildman–Crippen MR) is 107 cm³/mol. The zero-order chi connectivity index (χ0) is 20.8. The van der Waals surface area contributed by atoms with Gasteiger partial charge in [0.05, 0.1) is 5.56 Å². The van der Waals surface area contributed by atoms with Gasteiger partial charge in [0.1, 0.15) is 23.1 Å². The van der Waals surface area contributed by atoms with Crippen molar-refractivity contribution in [3.05, 3.63) is 76.0 Å². The minimum Gasteiger partial charge on any atom is -0.489 e. The van der Waals surface area contributed by atoms with Crippen LogP contribution >= 0.6 is 11.8 Å². The van der Waals surface area contributed by atoms with Crippen LogP contribution in [-0.4, -0.2) is 37.3 Å². The summed E-state index contributed by atoms with van der Waals surface area (Å²) >= 11 is 0.962. The second kappa shape index (κ2) is 9.07. The number of ether oxygens (including phenoxy) is 1. The molecule has 0 bridgehead atoms. The van der Waals surface area contributed by atoms with Crippen molar-refractivity contribution in [2.75, 3.05) is 0 Å². The number of hydrogen-bond donors (Lipinski definition) is 3. The average molecular weight is 411 g/mol. The van der Waals surface area contributed by atoms with Crippen molar-refractivity contribution in [2.45, 2.75) is 18.7 Å². The summed E-state index contributed by atoms with van der Waals surface area (Å²) in [6, 6.07) is 13.4. The number of hydrogen-bond acceptors (Lipinski definition) is 6. The molecular formula is C20H17N3O5S. The van der Waals surface area contributed by atoms with Crippen molar-refractivity contribution in [2.24, 2.45) is 0 Å². The zero-order valence-electron chi connectivity index (χ0n) is 15.3. The first-order chi connectivity index (χ1) is 13.9. The lowest BCUT2D eigenvalue weighted by Gasteiger charge is -2.07. The molecule has 9 heteroatoms. The Labute approximate surface area is 170 Å². The Morgan fingerprint density at radius 1 is 1.10 bits per heavy atom. The highest BCUT2D eigenvalue weighted by atomic mass is 32.2. The summed E-state index contributed by atoms with van der Waals surface area (Å²) in [7, 11) is 0. The molecule has 29 heavy (non-hydrogen) atoms. The highest BCUT2D eigenvalue weighted by Crippen LogP contribution is 2.26. The maximum atomic E-state index is 11.5. The maximum absolute atomic E-state index is 11.5. The molecule has 148 valence electrons. The molecule has 3 rings (SSSR count). The first kappa shape index (κ1) is 20.2. The number of carboxylic acids is 2. The number of nitrogens with zero attached hydrogens (tertiary/aromatic N) is 2. The number of carboxylic acid groups (broad SMARTS) is 2. The smallest absolute Gasteiger partial charge is 0.342 e. The fraction of sp³-hybridized carbons (Fsp3) is 0.100. The SMILES string of the molecule is Cc1nc(SC(=Cc2ccc(OCc3ccc(C(=O)O)cc3)cc2)C(=O)O)n[nH]1. The molecule has 0 saturated heterocycles. The molecule has 1 aromatic heterocycles. The monoisotopic (exact) mass is 411 g/mol. The lowest BCUT2D eigenvalue weighted by molar-refractivity contribution is -0.131. The van der Waals surface area contributed by atoms with E-state index in [0.717, 1.165) is 17.3 Å². The van der Waals surface area contributed by atoms with Gasteiger partial charge in [-0.15, -0.1) is 5.10 Å². The third-order valence-electron chi connectivity index (χ3n) is 3.77. The summed E-state index contributed by atoms with van der Waals surface area (Å²) in [6.07, 6.45) is 1.53. The Morgan fingerprint density at radius 3 is 2.34 bits per heavy atom. The predicted octanol–water partition coefficient (Wildman–Crippen LogP) is 3.61. The van der Waals surface area contributed by atoms with E-state index in [1.165, 1.54) is 18.2 Å². The summed E-state index contributed by atoms with van der Waals surface area (Å²) in [6.45, 7) is 2.02. The van der Waals surface area contributed by atoms with Crippen molar-refractivity contribution in [1.29, 1.82) is 0 Å². The van der Waals surface area contributed by atoms with Crippen molar-refractivity contribution in [3.63, 3.8) is 0 Å². The topological polar surface area (TPSA) is 125 Å². The van der Waals surface area contributed by atoms with Gasteiger partial charge in [-0.25, -0.2) is 14.6 Å². The maximum Gasteiger partial charge on any atom is 0.342 e. The molecule has 8 nitrogen and oxygen atoms in total. The lowest BCUT2D eigenvalue weighted by atomic mass is 10.1. The molecule has 0 radical (unpaired) electrons. The Kier molecular flexibility index (Phi) is 6.30. The third-order valence-corrected chi connectivity index (χ3v) is 4.65. The largest absolute Gasteiger partial charge is 0.489 e. The summed E-state index contributed by atoms with van der Waals surface area (Å²) in [4.78, 5) is 26.5. The van der Waals surface area contributed by atoms with Crippen LogP contribution < -0.4 is 4.74 Å². The highest BCUT2D eigenvalue weighted by Gasteiger charge is 2.13. The molecule has 2 aromatic carbocycles. The fourth-order valence-corrected chi connectivity index (χ4v) is 3.08. The summed E-state index contributed by atoms with van der Waals surface area (Å²) in [5.74, 6) is -0.823. The number of aliphatic carboxylic acids is 1. The van der Waals surface area contributed by atoms with Crippen LogP contribution in [0.3, 0.4) is 0 Å². The molecule has 0 spiro atoms. The van der Waals surface area contributed by atoms with E-state index in [1.54, 1.807) is 43.3 Å². The summed E-state index contributed by atoms with van der Waals surface area (Å²) in [5.41, 5.74) is 1.75. The molecule has 0 aliphatic carbocycles. The number of H-pyrrole nitrogens is 1. The number of nitrogens with one attached hydrogen (secondary N) is 1. The Morgan fingerprint density at radius 2 is 1.79 bits per heavy atom. The Hall–Kier alpha value is -3.59. The lowest BCUT2D eigenvalue weighted by Crippen LogP contribution is -1.99. The molecule has 0 fully saturated rings. The number of aryl methyl sites for hydroxylation is 1. The van der Waals surface area contributed by atoms with Gasteiger partial charge in [0.25, 0.3) is 0 Å². The van der Waals surface area contributed by atoms with E-state index in [4.69, 9.17) is 9.84 Å². The third kappa shape index (κ3) is 5.69. The summed E-state index contributed by atoms with van der Waals surface area (Å²) < 4.78 is 5.68. The van der Waals surface area contributed by atoms with Gasteiger partial charge in [-0.3, -0.25) is 5.10 Å². The quantitative estimate of drug-likeness (QED) is 0.379. The van der Waals surface area contributed by atoms with Gasteiger partial charge in [0.2, 0.25) is 5.16 Å². The molecule has 0 saturated carbocycles.